The first-order valence-corrected chi connectivity index (χ1v) is 6.45. The summed E-state index contributed by atoms with van der Waals surface area (Å²) in [4.78, 5) is 20.6. The van der Waals surface area contributed by atoms with E-state index in [0.717, 1.165) is 11.1 Å². The van der Waals surface area contributed by atoms with Gasteiger partial charge in [-0.25, -0.2) is 0 Å². The second-order valence-corrected chi connectivity index (χ2v) is 4.71. The van der Waals surface area contributed by atoms with Crippen molar-refractivity contribution in [2.75, 3.05) is 5.32 Å². The van der Waals surface area contributed by atoms with Gasteiger partial charge >= 0.3 is 0 Å². The monoisotopic (exact) mass is 279 g/mol. The molecule has 0 saturated carbocycles. The first-order chi connectivity index (χ1) is 10.1. The summed E-state index contributed by atoms with van der Waals surface area (Å²) in [5.74, 6) is -0.0529. The van der Waals surface area contributed by atoms with E-state index in [1.165, 1.54) is 6.07 Å². The predicted molar refractivity (Wildman–Crippen MR) is 80.3 cm³/mol. The molecule has 3 aromatic rings. The number of rotatable bonds is 2. The van der Waals surface area contributed by atoms with Gasteiger partial charge in [0.05, 0.1) is 11.0 Å². The first kappa shape index (κ1) is 13.1. The number of phenols is 1. The number of fused-ring (bicyclic) bond motifs is 1. The van der Waals surface area contributed by atoms with Crippen LogP contribution in [0.2, 0.25) is 0 Å². The minimum Gasteiger partial charge on any atom is -0.508 e. The number of benzene rings is 2. The first-order valence-electron chi connectivity index (χ1n) is 6.45. The molecule has 104 valence electrons. The Kier molecular flexibility index (Phi) is 3.23. The minimum absolute atomic E-state index is 0.173. The van der Waals surface area contributed by atoms with Gasteiger partial charge in [-0.05, 0) is 48.9 Å². The summed E-state index contributed by atoms with van der Waals surface area (Å²) < 4.78 is 0. The molecule has 5 heteroatoms. The maximum absolute atomic E-state index is 12.3. The third-order valence-corrected chi connectivity index (χ3v) is 3.19. The largest absolute Gasteiger partial charge is 0.508 e. The summed E-state index contributed by atoms with van der Waals surface area (Å²) in [6.45, 7) is 1.82. The molecule has 0 radical (unpaired) electrons. The molecule has 0 saturated heterocycles. The van der Waals surface area contributed by atoms with Gasteiger partial charge in [0, 0.05) is 23.6 Å². The Morgan fingerprint density at radius 1 is 1.05 bits per heavy atom. The molecule has 1 heterocycles. The van der Waals surface area contributed by atoms with Crippen molar-refractivity contribution < 1.29 is 9.90 Å². The Hall–Kier alpha value is -2.95. The van der Waals surface area contributed by atoms with Gasteiger partial charge in [-0.15, -0.1) is 0 Å². The number of carbonyl (C=O) groups excluding carboxylic acids is 1. The number of carbonyl (C=O) groups is 1. The lowest BCUT2D eigenvalue weighted by Crippen LogP contribution is -2.12. The lowest BCUT2D eigenvalue weighted by molar-refractivity contribution is 0.102. The van der Waals surface area contributed by atoms with Crippen molar-refractivity contribution in [2.24, 2.45) is 0 Å². The lowest BCUT2D eigenvalue weighted by atomic mass is 10.1. The highest BCUT2D eigenvalue weighted by atomic mass is 16.3. The number of nitrogens with zero attached hydrogens (tertiary/aromatic N) is 2. The predicted octanol–water partition coefficient (Wildman–Crippen LogP) is 2.90. The summed E-state index contributed by atoms with van der Waals surface area (Å²) in [6, 6.07) is 9.98. The highest BCUT2D eigenvalue weighted by molar-refractivity contribution is 6.06. The van der Waals surface area contributed by atoms with Gasteiger partial charge in [-0.3, -0.25) is 14.8 Å². The molecule has 0 unspecified atom stereocenters. The molecule has 1 aromatic heterocycles. The average Bonchev–Trinajstić information content (AvgIpc) is 2.49. The van der Waals surface area contributed by atoms with Gasteiger partial charge in [0.15, 0.2) is 0 Å². The SMILES string of the molecule is Cc1cc(O)ccc1NC(=O)c1ccc2nccnc2c1. The van der Waals surface area contributed by atoms with Crippen LogP contribution in [0.3, 0.4) is 0 Å². The van der Waals surface area contributed by atoms with E-state index < -0.39 is 0 Å². The third kappa shape index (κ3) is 2.67. The van der Waals surface area contributed by atoms with Crippen molar-refractivity contribution in [1.29, 1.82) is 0 Å². The van der Waals surface area contributed by atoms with Gasteiger partial charge < -0.3 is 10.4 Å². The number of amides is 1. The Bertz CT molecular complexity index is 831. The van der Waals surface area contributed by atoms with Crippen molar-refractivity contribution >= 4 is 22.6 Å². The second-order valence-electron chi connectivity index (χ2n) is 4.71. The Labute approximate surface area is 121 Å². The molecule has 0 spiro atoms. The van der Waals surface area contributed by atoms with Gasteiger partial charge in [0.25, 0.3) is 5.91 Å². The quantitative estimate of drug-likeness (QED) is 0.707. The molecule has 2 aromatic carbocycles. The standard InChI is InChI=1S/C16H13N3O2/c1-10-8-12(20)3-5-13(10)19-16(21)11-2-4-14-15(9-11)18-7-6-17-14/h2-9,20H,1H3,(H,19,21). The zero-order valence-corrected chi connectivity index (χ0v) is 11.4. The van der Waals surface area contributed by atoms with Crippen LogP contribution >= 0.6 is 0 Å². The van der Waals surface area contributed by atoms with Gasteiger partial charge in [0.2, 0.25) is 0 Å². The minimum atomic E-state index is -0.226. The number of aromatic nitrogens is 2. The van der Waals surface area contributed by atoms with E-state index in [4.69, 9.17) is 0 Å². The van der Waals surface area contributed by atoms with E-state index in [1.54, 1.807) is 42.7 Å². The van der Waals surface area contributed by atoms with Crippen molar-refractivity contribution in [3.63, 3.8) is 0 Å². The van der Waals surface area contributed by atoms with Gasteiger partial charge in [-0.2, -0.15) is 0 Å². The fourth-order valence-electron chi connectivity index (χ4n) is 2.09. The van der Waals surface area contributed by atoms with Crippen LogP contribution < -0.4 is 5.32 Å². The van der Waals surface area contributed by atoms with Crippen LogP contribution in [0.15, 0.2) is 48.8 Å². The van der Waals surface area contributed by atoms with E-state index in [0.29, 0.717) is 16.8 Å². The lowest BCUT2D eigenvalue weighted by Gasteiger charge is -2.09. The number of aryl methyl sites for hydroxylation is 1. The van der Waals surface area contributed by atoms with Crippen LogP contribution in [0.1, 0.15) is 15.9 Å². The third-order valence-electron chi connectivity index (χ3n) is 3.19. The molecule has 2 N–H and O–H groups in total. The molecular weight excluding hydrogens is 266 g/mol. The van der Waals surface area contributed by atoms with Gasteiger partial charge in [-0.1, -0.05) is 0 Å². The van der Waals surface area contributed by atoms with Crippen LogP contribution in [-0.2, 0) is 0 Å². The number of hydrogen-bond acceptors (Lipinski definition) is 4. The topological polar surface area (TPSA) is 75.1 Å². The van der Waals surface area contributed by atoms with Crippen LogP contribution in [-0.4, -0.2) is 21.0 Å². The van der Waals surface area contributed by atoms with Crippen LogP contribution in [0.5, 0.6) is 5.75 Å². The van der Waals surface area contributed by atoms with Crippen molar-refractivity contribution in [1.82, 2.24) is 9.97 Å². The smallest absolute Gasteiger partial charge is 0.255 e. The van der Waals surface area contributed by atoms with Crippen molar-refractivity contribution in [3.05, 3.63) is 59.9 Å². The summed E-state index contributed by atoms with van der Waals surface area (Å²) >= 11 is 0. The highest BCUT2D eigenvalue weighted by Crippen LogP contribution is 2.21. The fraction of sp³-hybridized carbons (Fsp3) is 0.0625. The van der Waals surface area contributed by atoms with E-state index in [9.17, 15) is 9.90 Å². The molecule has 3 rings (SSSR count). The summed E-state index contributed by atoms with van der Waals surface area (Å²) in [5.41, 5.74) is 3.39. The molecule has 0 aliphatic heterocycles. The number of nitrogens with one attached hydrogen (secondary N) is 1. The van der Waals surface area contributed by atoms with Crippen molar-refractivity contribution in [2.45, 2.75) is 6.92 Å². The van der Waals surface area contributed by atoms with E-state index in [-0.39, 0.29) is 11.7 Å². The molecule has 0 bridgehead atoms. The molecule has 5 nitrogen and oxygen atoms in total. The fourth-order valence-corrected chi connectivity index (χ4v) is 2.09. The Morgan fingerprint density at radius 3 is 2.57 bits per heavy atom. The van der Waals surface area contributed by atoms with Crippen molar-refractivity contribution in [3.8, 4) is 5.75 Å². The maximum Gasteiger partial charge on any atom is 0.255 e. The molecule has 1 amide bonds. The van der Waals surface area contributed by atoms with Crippen LogP contribution in [0.4, 0.5) is 5.69 Å². The normalized spacial score (nSPS) is 10.5. The number of phenolic OH excluding ortho intramolecular Hbond substituents is 1. The van der Waals surface area contributed by atoms with E-state index >= 15 is 0 Å². The Balaban J connectivity index is 1.89. The summed E-state index contributed by atoms with van der Waals surface area (Å²) in [5, 5.41) is 12.2. The molecule has 21 heavy (non-hydrogen) atoms. The molecule has 0 aliphatic carbocycles. The zero-order valence-electron chi connectivity index (χ0n) is 11.4. The summed E-state index contributed by atoms with van der Waals surface area (Å²) in [7, 11) is 0. The number of aromatic hydroxyl groups is 1. The molecular formula is C16H13N3O2. The van der Waals surface area contributed by atoms with Gasteiger partial charge in [0.1, 0.15) is 5.75 Å². The van der Waals surface area contributed by atoms with E-state index in [1.807, 2.05) is 6.92 Å². The van der Waals surface area contributed by atoms with Crippen LogP contribution in [0.25, 0.3) is 11.0 Å². The summed E-state index contributed by atoms with van der Waals surface area (Å²) in [6.07, 6.45) is 3.20. The molecule has 0 fully saturated rings. The zero-order chi connectivity index (χ0) is 14.8. The maximum atomic E-state index is 12.3. The second kappa shape index (κ2) is 5.20. The number of hydrogen-bond donors (Lipinski definition) is 2. The van der Waals surface area contributed by atoms with Crippen LogP contribution in [0, 0.1) is 6.92 Å². The number of anilines is 1. The molecule has 0 aliphatic rings. The Morgan fingerprint density at radius 2 is 1.81 bits per heavy atom. The van der Waals surface area contributed by atoms with E-state index in [2.05, 4.69) is 15.3 Å². The molecule has 0 atom stereocenters. The average molecular weight is 279 g/mol. The highest BCUT2D eigenvalue weighted by Gasteiger charge is 2.09.